The van der Waals surface area contributed by atoms with Gasteiger partial charge in [0.1, 0.15) is 12.3 Å². The van der Waals surface area contributed by atoms with Crippen LogP contribution in [-0.4, -0.2) is 15.9 Å². The Balaban J connectivity index is 1.68. The maximum absolute atomic E-state index is 12.2. The first-order valence-electron chi connectivity index (χ1n) is 7.78. The fourth-order valence-electron chi connectivity index (χ4n) is 2.18. The van der Waals surface area contributed by atoms with Crippen LogP contribution in [0.1, 0.15) is 26.6 Å². The number of benzene rings is 1. The second kappa shape index (κ2) is 7.72. The molecule has 134 valence electrons. The Morgan fingerprint density at radius 3 is 2.81 bits per heavy atom. The number of carbonyl (C=O) groups excluding carboxylic acids is 1. The van der Waals surface area contributed by atoms with Crippen LogP contribution >= 0.6 is 22.9 Å². The number of nitrogens with zero attached hydrogens (tertiary/aromatic N) is 1. The lowest BCUT2D eigenvalue weighted by Gasteiger charge is -2.07. The van der Waals surface area contributed by atoms with E-state index in [1.807, 2.05) is 19.9 Å². The molecule has 0 saturated carbocycles. The van der Waals surface area contributed by atoms with Crippen LogP contribution in [0.5, 0.6) is 5.75 Å². The van der Waals surface area contributed by atoms with Crippen LogP contribution in [0.15, 0.2) is 41.3 Å². The largest absolute Gasteiger partial charge is 0.483 e. The van der Waals surface area contributed by atoms with Crippen LogP contribution in [0.3, 0.4) is 0 Å². The lowest BCUT2D eigenvalue weighted by Crippen LogP contribution is -2.17. The van der Waals surface area contributed by atoms with Crippen LogP contribution in [0.2, 0.25) is 5.02 Å². The lowest BCUT2D eigenvalue weighted by molar-refractivity contribution is 0.102. The smallest absolute Gasteiger partial charge is 0.273 e. The van der Waals surface area contributed by atoms with E-state index in [0.29, 0.717) is 10.2 Å². The van der Waals surface area contributed by atoms with E-state index >= 15 is 0 Å². The first-order chi connectivity index (χ1) is 12.4. The standard InChI is InChI=1S/C18H16ClN3O3S/c1-10-11(2)26-18(21-10)22-17(24)14-7-15(23)16(8-20-14)25-9-12-4-3-5-13(19)6-12/h3-8H,9H2,1-2H3,(H,20,23)(H,21,22,24). The topological polar surface area (TPSA) is 84.1 Å². The number of hydrogen-bond donors (Lipinski definition) is 2. The first kappa shape index (κ1) is 18.2. The van der Waals surface area contributed by atoms with Gasteiger partial charge in [0.05, 0.1) is 5.69 Å². The molecule has 0 spiro atoms. The normalized spacial score (nSPS) is 10.6. The van der Waals surface area contributed by atoms with Crippen molar-refractivity contribution in [2.24, 2.45) is 0 Å². The van der Waals surface area contributed by atoms with Crippen molar-refractivity contribution in [3.8, 4) is 5.75 Å². The van der Waals surface area contributed by atoms with Crippen molar-refractivity contribution in [2.45, 2.75) is 20.5 Å². The molecule has 0 aliphatic carbocycles. The summed E-state index contributed by atoms with van der Waals surface area (Å²) in [5.74, 6) is -0.306. The first-order valence-corrected chi connectivity index (χ1v) is 8.97. The van der Waals surface area contributed by atoms with Crippen LogP contribution in [0, 0.1) is 13.8 Å². The third-order valence-corrected chi connectivity index (χ3v) is 4.88. The molecule has 0 unspecified atom stereocenters. The van der Waals surface area contributed by atoms with Gasteiger partial charge >= 0.3 is 0 Å². The lowest BCUT2D eigenvalue weighted by atomic mass is 10.2. The van der Waals surface area contributed by atoms with Gasteiger partial charge in [0.25, 0.3) is 5.91 Å². The molecule has 3 aromatic rings. The van der Waals surface area contributed by atoms with Crippen molar-refractivity contribution in [3.05, 3.63) is 73.6 Å². The summed E-state index contributed by atoms with van der Waals surface area (Å²) in [6.07, 6.45) is 1.38. The van der Waals surface area contributed by atoms with Crippen LogP contribution in [0.4, 0.5) is 5.13 Å². The number of H-pyrrole nitrogens is 1. The third kappa shape index (κ3) is 4.30. The number of pyridine rings is 1. The molecule has 0 radical (unpaired) electrons. The molecule has 0 saturated heterocycles. The summed E-state index contributed by atoms with van der Waals surface area (Å²) in [7, 11) is 0. The molecule has 0 aliphatic rings. The Kier molecular flexibility index (Phi) is 5.39. The van der Waals surface area contributed by atoms with Gasteiger partial charge in [0, 0.05) is 22.2 Å². The molecule has 1 aromatic carbocycles. The summed E-state index contributed by atoms with van der Waals surface area (Å²) < 4.78 is 5.51. The van der Waals surface area contributed by atoms with E-state index in [-0.39, 0.29) is 23.5 Å². The number of aromatic amines is 1. The van der Waals surface area contributed by atoms with Crippen molar-refractivity contribution in [1.29, 1.82) is 0 Å². The number of rotatable bonds is 5. The summed E-state index contributed by atoms with van der Waals surface area (Å²) >= 11 is 7.30. The van der Waals surface area contributed by atoms with Gasteiger partial charge in [-0.15, -0.1) is 11.3 Å². The molecule has 0 aliphatic heterocycles. The second-order valence-corrected chi connectivity index (χ2v) is 7.25. The zero-order valence-electron chi connectivity index (χ0n) is 14.1. The predicted octanol–water partition coefficient (Wildman–Crippen LogP) is 3.93. The molecular weight excluding hydrogens is 374 g/mol. The number of halogens is 1. The fourth-order valence-corrected chi connectivity index (χ4v) is 3.20. The fraction of sp³-hybridized carbons (Fsp3) is 0.167. The molecule has 0 bridgehead atoms. The minimum Gasteiger partial charge on any atom is -0.483 e. The Morgan fingerprint density at radius 2 is 2.15 bits per heavy atom. The molecule has 8 heteroatoms. The zero-order chi connectivity index (χ0) is 18.7. The maximum atomic E-state index is 12.2. The number of amides is 1. The Morgan fingerprint density at radius 1 is 1.35 bits per heavy atom. The molecule has 0 atom stereocenters. The second-order valence-electron chi connectivity index (χ2n) is 5.61. The Bertz CT molecular complexity index is 993. The van der Waals surface area contributed by atoms with Gasteiger partial charge in [-0.25, -0.2) is 4.98 Å². The average molecular weight is 390 g/mol. The minimum atomic E-state index is -0.433. The number of thiazole rings is 1. The van der Waals surface area contributed by atoms with Crippen LogP contribution in [0.25, 0.3) is 0 Å². The number of aromatic nitrogens is 2. The van der Waals surface area contributed by atoms with Gasteiger partial charge in [-0.1, -0.05) is 23.7 Å². The van der Waals surface area contributed by atoms with Gasteiger partial charge in [0.15, 0.2) is 10.9 Å². The number of anilines is 1. The molecule has 2 heterocycles. The molecule has 0 fully saturated rings. The third-order valence-electron chi connectivity index (χ3n) is 3.65. The SMILES string of the molecule is Cc1nc(NC(=O)c2cc(=O)c(OCc3cccc(Cl)c3)c[nH]2)sc1C. The molecule has 6 nitrogen and oxygen atoms in total. The van der Waals surface area contributed by atoms with Crippen molar-refractivity contribution < 1.29 is 9.53 Å². The maximum Gasteiger partial charge on any atom is 0.273 e. The van der Waals surface area contributed by atoms with Crippen molar-refractivity contribution in [3.63, 3.8) is 0 Å². The van der Waals surface area contributed by atoms with Gasteiger partial charge < -0.3 is 9.72 Å². The molecule has 1 amide bonds. The zero-order valence-corrected chi connectivity index (χ0v) is 15.7. The van der Waals surface area contributed by atoms with E-state index in [1.165, 1.54) is 23.6 Å². The van der Waals surface area contributed by atoms with E-state index in [4.69, 9.17) is 16.3 Å². The van der Waals surface area contributed by atoms with E-state index < -0.39 is 5.91 Å². The van der Waals surface area contributed by atoms with E-state index in [1.54, 1.807) is 18.2 Å². The van der Waals surface area contributed by atoms with Crippen molar-refractivity contribution in [1.82, 2.24) is 9.97 Å². The van der Waals surface area contributed by atoms with Gasteiger partial charge in [-0.2, -0.15) is 0 Å². The number of aryl methyl sites for hydroxylation is 2. The highest BCUT2D eigenvalue weighted by molar-refractivity contribution is 7.15. The highest BCUT2D eigenvalue weighted by Crippen LogP contribution is 2.21. The van der Waals surface area contributed by atoms with E-state index in [2.05, 4.69) is 15.3 Å². The quantitative estimate of drug-likeness (QED) is 0.692. The molecule has 2 aromatic heterocycles. The highest BCUT2D eigenvalue weighted by atomic mass is 35.5. The summed E-state index contributed by atoms with van der Waals surface area (Å²) in [6, 6.07) is 8.38. The Hall–Kier alpha value is -2.64. The summed E-state index contributed by atoms with van der Waals surface area (Å²) in [5.41, 5.74) is 1.45. The number of carbonyl (C=O) groups is 1. The van der Waals surface area contributed by atoms with Crippen LogP contribution in [-0.2, 0) is 6.61 Å². The van der Waals surface area contributed by atoms with Gasteiger partial charge in [-0.05, 0) is 31.5 Å². The molecule has 2 N–H and O–H groups in total. The summed E-state index contributed by atoms with van der Waals surface area (Å²) in [4.78, 5) is 32.5. The van der Waals surface area contributed by atoms with Crippen molar-refractivity contribution in [2.75, 3.05) is 5.32 Å². The predicted molar refractivity (Wildman–Crippen MR) is 102 cm³/mol. The number of nitrogens with one attached hydrogen (secondary N) is 2. The molecular formula is C18H16ClN3O3S. The molecule has 26 heavy (non-hydrogen) atoms. The monoisotopic (exact) mass is 389 g/mol. The number of ether oxygens (including phenoxy) is 1. The van der Waals surface area contributed by atoms with Gasteiger partial charge in [-0.3, -0.25) is 14.9 Å². The van der Waals surface area contributed by atoms with Crippen LogP contribution < -0.4 is 15.5 Å². The van der Waals surface area contributed by atoms with Crippen molar-refractivity contribution >= 4 is 34.0 Å². The molecule has 3 rings (SSSR count). The Labute approximate surface area is 158 Å². The van der Waals surface area contributed by atoms with E-state index in [9.17, 15) is 9.59 Å². The summed E-state index contributed by atoms with van der Waals surface area (Å²) in [6.45, 7) is 4.00. The minimum absolute atomic E-state index is 0.127. The van der Waals surface area contributed by atoms with Gasteiger partial charge in [0.2, 0.25) is 5.43 Å². The average Bonchev–Trinajstić information content (AvgIpc) is 2.91. The number of hydrogen-bond acceptors (Lipinski definition) is 5. The van der Waals surface area contributed by atoms with E-state index in [0.717, 1.165) is 16.1 Å². The summed E-state index contributed by atoms with van der Waals surface area (Å²) in [5, 5.41) is 3.76. The highest BCUT2D eigenvalue weighted by Gasteiger charge is 2.13.